The predicted octanol–water partition coefficient (Wildman–Crippen LogP) is 3.56. The maximum absolute atomic E-state index is 12.1. The molecule has 0 aromatic carbocycles. The van der Waals surface area contributed by atoms with Gasteiger partial charge < -0.3 is 15.5 Å². The van der Waals surface area contributed by atoms with Gasteiger partial charge in [-0.3, -0.25) is 4.79 Å². The molecule has 0 aliphatic carbocycles. The van der Waals surface area contributed by atoms with Gasteiger partial charge in [-0.05, 0) is 19.8 Å². The second kappa shape index (κ2) is 9.55. The number of hydrogen-bond acceptors (Lipinski definition) is 4. The van der Waals surface area contributed by atoms with Gasteiger partial charge in [0.25, 0.3) is 5.91 Å². The fourth-order valence-corrected chi connectivity index (χ4v) is 2.18. The summed E-state index contributed by atoms with van der Waals surface area (Å²) in [4.78, 5) is 16.3. The highest BCUT2D eigenvalue weighted by Crippen LogP contribution is 2.16. The van der Waals surface area contributed by atoms with Crippen LogP contribution >= 0.6 is 0 Å². The van der Waals surface area contributed by atoms with Crippen LogP contribution in [0.5, 0.6) is 0 Å². The minimum absolute atomic E-state index is 0.151. The maximum Gasteiger partial charge on any atom is 0.273 e. The van der Waals surface area contributed by atoms with Crippen LogP contribution in [0.4, 0.5) is 0 Å². The van der Waals surface area contributed by atoms with E-state index in [-0.39, 0.29) is 18.0 Å². The summed E-state index contributed by atoms with van der Waals surface area (Å²) in [6, 6.07) is -0.0774. The number of nitrogens with one attached hydrogen (secondary N) is 1. The molecule has 0 spiro atoms. The second-order valence-corrected chi connectivity index (χ2v) is 5.69. The third kappa shape index (κ3) is 6.29. The number of amides is 1. The monoisotopic (exact) mass is 295 g/mol. The Morgan fingerprint density at radius 1 is 1.29 bits per heavy atom. The molecule has 2 unspecified atom stereocenters. The van der Waals surface area contributed by atoms with E-state index in [0.717, 1.165) is 32.1 Å². The van der Waals surface area contributed by atoms with Gasteiger partial charge in [0.2, 0.25) is 5.89 Å². The Kier molecular flexibility index (Phi) is 8.05. The molecule has 0 aliphatic rings. The number of oxazole rings is 1. The van der Waals surface area contributed by atoms with Gasteiger partial charge in [-0.25, -0.2) is 4.98 Å². The second-order valence-electron chi connectivity index (χ2n) is 5.69. The number of nitrogens with two attached hydrogens (primary N) is 1. The van der Waals surface area contributed by atoms with Crippen molar-refractivity contribution in [2.75, 3.05) is 0 Å². The Morgan fingerprint density at radius 2 is 2.00 bits per heavy atom. The molecule has 5 nitrogen and oxygen atoms in total. The van der Waals surface area contributed by atoms with Crippen LogP contribution in [0.3, 0.4) is 0 Å². The molecule has 1 rings (SSSR count). The molecule has 0 saturated heterocycles. The minimum Gasteiger partial charge on any atom is -0.446 e. The molecule has 3 N–H and O–H groups in total. The first kappa shape index (κ1) is 17.7. The van der Waals surface area contributed by atoms with Crippen molar-refractivity contribution in [2.24, 2.45) is 5.73 Å². The van der Waals surface area contributed by atoms with Gasteiger partial charge in [-0.2, -0.15) is 0 Å². The molecule has 0 fully saturated rings. The topological polar surface area (TPSA) is 81.2 Å². The Bertz CT molecular complexity index is 417. The summed E-state index contributed by atoms with van der Waals surface area (Å²) in [5.74, 6) is 0.268. The van der Waals surface area contributed by atoms with E-state index < -0.39 is 0 Å². The molecule has 0 radical (unpaired) electrons. The highest BCUT2D eigenvalue weighted by atomic mass is 16.3. The number of hydrogen-bond donors (Lipinski definition) is 2. The van der Waals surface area contributed by atoms with E-state index >= 15 is 0 Å². The molecular weight excluding hydrogens is 266 g/mol. The van der Waals surface area contributed by atoms with Crippen LogP contribution in [0.1, 0.15) is 88.1 Å². The third-order valence-electron chi connectivity index (χ3n) is 3.56. The summed E-state index contributed by atoms with van der Waals surface area (Å²) in [5, 5.41) is 2.95. The van der Waals surface area contributed by atoms with E-state index in [1.54, 1.807) is 0 Å². The molecule has 2 atom stereocenters. The Morgan fingerprint density at radius 3 is 2.67 bits per heavy atom. The number of aromatic nitrogens is 1. The minimum atomic E-state index is -0.228. The number of carbonyl (C=O) groups excluding carboxylic acids is 1. The number of carbonyl (C=O) groups is 1. The smallest absolute Gasteiger partial charge is 0.273 e. The standard InChI is InChI=1S/C16H29N3O2/c1-4-6-8-9-12(3)18-15(20)14-11-21-16(19-14)13(17)10-7-5-2/h11-13H,4-10,17H2,1-3H3,(H,18,20). The van der Waals surface area contributed by atoms with Gasteiger partial charge in [0, 0.05) is 6.04 Å². The van der Waals surface area contributed by atoms with E-state index in [2.05, 4.69) is 24.1 Å². The van der Waals surface area contributed by atoms with Gasteiger partial charge in [-0.15, -0.1) is 0 Å². The van der Waals surface area contributed by atoms with E-state index in [9.17, 15) is 4.79 Å². The number of rotatable bonds is 10. The predicted molar refractivity (Wildman–Crippen MR) is 84.0 cm³/mol. The van der Waals surface area contributed by atoms with Crippen molar-refractivity contribution in [2.45, 2.75) is 77.8 Å². The van der Waals surface area contributed by atoms with Crippen LogP contribution in [0.25, 0.3) is 0 Å². The summed E-state index contributed by atoms with van der Waals surface area (Å²) in [7, 11) is 0. The lowest BCUT2D eigenvalue weighted by molar-refractivity contribution is 0.0933. The van der Waals surface area contributed by atoms with Gasteiger partial charge in [0.1, 0.15) is 6.26 Å². The van der Waals surface area contributed by atoms with Gasteiger partial charge >= 0.3 is 0 Å². The lowest BCUT2D eigenvalue weighted by atomic mass is 10.1. The largest absolute Gasteiger partial charge is 0.446 e. The number of nitrogens with zero attached hydrogens (tertiary/aromatic N) is 1. The summed E-state index contributed by atoms with van der Waals surface area (Å²) in [6.45, 7) is 6.30. The van der Waals surface area contributed by atoms with Crippen molar-refractivity contribution < 1.29 is 9.21 Å². The van der Waals surface area contributed by atoms with Crippen LogP contribution in [0.2, 0.25) is 0 Å². The molecule has 1 heterocycles. The van der Waals surface area contributed by atoms with E-state index in [1.807, 2.05) is 6.92 Å². The van der Waals surface area contributed by atoms with Crippen LogP contribution in [-0.2, 0) is 0 Å². The Labute approximate surface area is 127 Å². The van der Waals surface area contributed by atoms with Crippen molar-refractivity contribution >= 4 is 5.91 Å². The van der Waals surface area contributed by atoms with Gasteiger partial charge in [-0.1, -0.05) is 46.0 Å². The third-order valence-corrected chi connectivity index (χ3v) is 3.56. The lowest BCUT2D eigenvalue weighted by Gasteiger charge is -2.12. The van der Waals surface area contributed by atoms with Crippen LogP contribution in [0.15, 0.2) is 10.7 Å². The quantitative estimate of drug-likeness (QED) is 0.647. The van der Waals surface area contributed by atoms with Crippen LogP contribution < -0.4 is 11.1 Å². The van der Waals surface area contributed by atoms with Crippen molar-refractivity contribution in [1.82, 2.24) is 10.3 Å². The zero-order chi connectivity index (χ0) is 15.7. The molecule has 1 aromatic rings. The van der Waals surface area contributed by atoms with Crippen molar-refractivity contribution in [1.29, 1.82) is 0 Å². The van der Waals surface area contributed by atoms with Crippen molar-refractivity contribution in [3.05, 3.63) is 17.8 Å². The molecule has 1 amide bonds. The van der Waals surface area contributed by atoms with Crippen LogP contribution in [-0.4, -0.2) is 16.9 Å². The lowest BCUT2D eigenvalue weighted by Crippen LogP contribution is -2.32. The SMILES string of the molecule is CCCCCC(C)NC(=O)c1coc(C(N)CCCC)n1. The van der Waals surface area contributed by atoms with E-state index in [0.29, 0.717) is 11.6 Å². The van der Waals surface area contributed by atoms with Crippen molar-refractivity contribution in [3.63, 3.8) is 0 Å². The molecule has 120 valence electrons. The molecule has 5 heteroatoms. The van der Waals surface area contributed by atoms with Gasteiger partial charge in [0.05, 0.1) is 6.04 Å². The Balaban J connectivity index is 2.46. The van der Waals surface area contributed by atoms with Crippen molar-refractivity contribution in [3.8, 4) is 0 Å². The summed E-state index contributed by atoms with van der Waals surface area (Å²) >= 11 is 0. The summed E-state index contributed by atoms with van der Waals surface area (Å²) in [5.41, 5.74) is 6.31. The fourth-order valence-electron chi connectivity index (χ4n) is 2.18. The highest BCUT2D eigenvalue weighted by molar-refractivity contribution is 5.92. The van der Waals surface area contributed by atoms with E-state index in [4.69, 9.17) is 10.2 Å². The molecule has 1 aromatic heterocycles. The van der Waals surface area contributed by atoms with E-state index in [1.165, 1.54) is 19.1 Å². The maximum atomic E-state index is 12.1. The fraction of sp³-hybridized carbons (Fsp3) is 0.750. The summed E-state index contributed by atoms with van der Waals surface area (Å²) < 4.78 is 5.33. The molecule has 0 saturated carbocycles. The zero-order valence-corrected chi connectivity index (χ0v) is 13.5. The first-order valence-electron chi connectivity index (χ1n) is 8.10. The molecular formula is C16H29N3O2. The normalized spacial score (nSPS) is 13.9. The Hall–Kier alpha value is -1.36. The zero-order valence-electron chi connectivity index (χ0n) is 13.5. The first-order chi connectivity index (χ1) is 10.1. The molecule has 0 bridgehead atoms. The number of unbranched alkanes of at least 4 members (excludes halogenated alkanes) is 3. The van der Waals surface area contributed by atoms with Crippen LogP contribution in [0, 0.1) is 0 Å². The average molecular weight is 295 g/mol. The highest BCUT2D eigenvalue weighted by Gasteiger charge is 2.17. The molecule has 0 aliphatic heterocycles. The van der Waals surface area contributed by atoms with Gasteiger partial charge in [0.15, 0.2) is 5.69 Å². The summed E-state index contributed by atoms with van der Waals surface area (Å²) in [6.07, 6.45) is 8.82. The average Bonchev–Trinajstić information content (AvgIpc) is 2.95. The molecule has 21 heavy (non-hydrogen) atoms. The first-order valence-corrected chi connectivity index (χ1v) is 8.10.